The molecule has 0 spiro atoms. The average Bonchev–Trinajstić information content (AvgIpc) is 2.98. The van der Waals surface area contributed by atoms with Gasteiger partial charge < -0.3 is 0 Å². The minimum Gasteiger partial charge on any atom is -0.293 e. The first-order valence-corrected chi connectivity index (χ1v) is 9.11. The lowest BCUT2D eigenvalue weighted by Gasteiger charge is -2.08. The molecule has 0 amide bonds. The summed E-state index contributed by atoms with van der Waals surface area (Å²) >= 11 is 3.13. The third-order valence-electron chi connectivity index (χ3n) is 3.40. The van der Waals surface area contributed by atoms with Crippen LogP contribution >= 0.6 is 15.9 Å². The summed E-state index contributed by atoms with van der Waals surface area (Å²) in [5.41, 5.74) is 0.975. The predicted octanol–water partition coefficient (Wildman–Crippen LogP) is 3.46. The minimum absolute atomic E-state index is 0.0910. The number of hydrogen-bond donors (Lipinski definition) is 0. The Bertz CT molecular complexity index is 946. The Labute approximate surface area is 136 Å². The number of benzene rings is 2. The third-order valence-corrected chi connectivity index (χ3v) is 5.61. The van der Waals surface area contributed by atoms with Crippen LogP contribution in [0.5, 0.6) is 0 Å². The van der Waals surface area contributed by atoms with Gasteiger partial charge in [-0.15, -0.1) is 0 Å². The molecule has 0 aliphatic heterocycles. The van der Waals surface area contributed by atoms with Gasteiger partial charge in [-0.2, -0.15) is 0 Å². The molecule has 22 heavy (non-hydrogen) atoms. The molecule has 0 saturated carbocycles. The Balaban J connectivity index is 2.21. The van der Waals surface area contributed by atoms with Crippen LogP contribution in [0.4, 0.5) is 0 Å². The smallest absolute Gasteiger partial charge is 0.268 e. The van der Waals surface area contributed by atoms with Gasteiger partial charge in [-0.25, -0.2) is 12.4 Å². The van der Waals surface area contributed by atoms with Gasteiger partial charge in [0.25, 0.3) is 10.0 Å². The van der Waals surface area contributed by atoms with Crippen LogP contribution in [0.15, 0.2) is 65.7 Å². The van der Waals surface area contributed by atoms with E-state index in [0.29, 0.717) is 11.1 Å². The van der Waals surface area contributed by atoms with Gasteiger partial charge in [-0.3, -0.25) is 4.79 Å². The lowest BCUT2D eigenvalue weighted by Crippen LogP contribution is -2.12. The molecule has 6 heteroatoms. The molecule has 0 unspecified atom stereocenters. The summed E-state index contributed by atoms with van der Waals surface area (Å²) in [5.74, 6) is -0.0910. The van der Waals surface area contributed by atoms with Gasteiger partial charge in [0.2, 0.25) is 0 Å². The van der Waals surface area contributed by atoms with Crippen molar-refractivity contribution < 1.29 is 13.2 Å². The van der Waals surface area contributed by atoms with E-state index in [0.717, 1.165) is 5.39 Å². The Hall–Kier alpha value is -1.92. The molecule has 0 radical (unpaired) electrons. The lowest BCUT2D eigenvalue weighted by atomic mass is 10.1. The van der Waals surface area contributed by atoms with Crippen LogP contribution in [-0.4, -0.2) is 23.5 Å². The molecule has 1 aromatic heterocycles. The van der Waals surface area contributed by atoms with Crippen LogP contribution in [0.2, 0.25) is 0 Å². The number of hydrogen-bond acceptors (Lipinski definition) is 3. The van der Waals surface area contributed by atoms with Crippen molar-refractivity contribution >= 4 is 42.6 Å². The van der Waals surface area contributed by atoms with E-state index in [1.54, 1.807) is 54.6 Å². The minimum atomic E-state index is -3.68. The summed E-state index contributed by atoms with van der Waals surface area (Å²) < 4.78 is 26.7. The number of carbonyl (C=O) groups excluding carboxylic acids is 1. The maximum Gasteiger partial charge on any atom is 0.268 e. The fraction of sp³-hybridized carbons (Fsp3) is 0.0625. The highest BCUT2D eigenvalue weighted by Gasteiger charge is 2.19. The van der Waals surface area contributed by atoms with E-state index in [4.69, 9.17) is 0 Å². The van der Waals surface area contributed by atoms with Crippen LogP contribution in [-0.2, 0) is 10.0 Å². The zero-order valence-corrected chi connectivity index (χ0v) is 13.8. The van der Waals surface area contributed by atoms with E-state index < -0.39 is 10.0 Å². The SMILES string of the molecule is O=C(CBr)c1ccc2ccn(S(=O)(=O)c3ccccc3)c2c1. The van der Waals surface area contributed by atoms with Gasteiger partial charge in [-0.1, -0.05) is 46.3 Å². The number of Topliss-reactive ketones (excluding diaryl/α,β-unsaturated/α-hetero) is 1. The molecular formula is C16H12BrNO3S. The first-order chi connectivity index (χ1) is 10.5. The molecular weight excluding hydrogens is 366 g/mol. The zero-order chi connectivity index (χ0) is 15.7. The molecule has 2 aromatic carbocycles. The second-order valence-electron chi connectivity index (χ2n) is 4.76. The topological polar surface area (TPSA) is 56.1 Å². The molecule has 0 bridgehead atoms. The van der Waals surface area contributed by atoms with Gasteiger partial charge in [0.05, 0.1) is 15.7 Å². The molecule has 4 nitrogen and oxygen atoms in total. The van der Waals surface area contributed by atoms with Gasteiger partial charge in [0, 0.05) is 17.1 Å². The molecule has 1 heterocycles. The number of carbonyl (C=O) groups is 1. The van der Waals surface area contributed by atoms with Gasteiger partial charge in [0.15, 0.2) is 5.78 Å². The van der Waals surface area contributed by atoms with Crippen molar-refractivity contribution in [2.75, 3.05) is 5.33 Å². The third kappa shape index (κ3) is 2.48. The van der Waals surface area contributed by atoms with Crippen molar-refractivity contribution in [3.8, 4) is 0 Å². The van der Waals surface area contributed by atoms with Crippen LogP contribution in [0.3, 0.4) is 0 Å². The van der Waals surface area contributed by atoms with E-state index in [9.17, 15) is 13.2 Å². The van der Waals surface area contributed by atoms with Crippen molar-refractivity contribution in [2.24, 2.45) is 0 Å². The van der Waals surface area contributed by atoms with Gasteiger partial charge in [0.1, 0.15) is 0 Å². The standard InChI is InChI=1S/C16H12BrNO3S/c17-11-16(19)13-7-6-12-8-9-18(15(12)10-13)22(20,21)14-4-2-1-3-5-14/h1-10H,11H2. The van der Waals surface area contributed by atoms with Gasteiger partial charge >= 0.3 is 0 Å². The molecule has 0 saturated heterocycles. The number of alkyl halides is 1. The average molecular weight is 378 g/mol. The summed E-state index contributed by atoms with van der Waals surface area (Å²) in [4.78, 5) is 12.0. The molecule has 0 N–H and O–H groups in total. The number of halogens is 1. The number of fused-ring (bicyclic) bond motifs is 1. The van der Waals surface area contributed by atoms with Crippen molar-refractivity contribution in [1.29, 1.82) is 0 Å². The largest absolute Gasteiger partial charge is 0.293 e. The molecule has 3 rings (SSSR count). The van der Waals surface area contributed by atoms with Crippen molar-refractivity contribution in [3.05, 3.63) is 66.4 Å². The van der Waals surface area contributed by atoms with Crippen molar-refractivity contribution in [1.82, 2.24) is 3.97 Å². The number of rotatable bonds is 4. The molecule has 112 valence electrons. The monoisotopic (exact) mass is 377 g/mol. The number of aromatic nitrogens is 1. The van der Waals surface area contributed by atoms with Crippen LogP contribution in [0.1, 0.15) is 10.4 Å². The fourth-order valence-electron chi connectivity index (χ4n) is 2.27. The highest BCUT2D eigenvalue weighted by atomic mass is 79.9. The second kappa shape index (κ2) is 5.70. The molecule has 0 atom stereocenters. The number of ketones is 1. The van der Waals surface area contributed by atoms with E-state index >= 15 is 0 Å². The maximum atomic E-state index is 12.7. The van der Waals surface area contributed by atoms with Crippen molar-refractivity contribution in [3.63, 3.8) is 0 Å². The second-order valence-corrected chi connectivity index (χ2v) is 7.14. The summed E-state index contributed by atoms with van der Waals surface area (Å²) in [6, 6.07) is 15.0. The predicted molar refractivity (Wildman–Crippen MR) is 89.1 cm³/mol. The van der Waals surface area contributed by atoms with E-state index in [-0.39, 0.29) is 16.0 Å². The Morgan fingerprint density at radius 1 is 1.05 bits per heavy atom. The summed E-state index contributed by atoms with van der Waals surface area (Å²) in [7, 11) is -3.68. The van der Waals surface area contributed by atoms with Crippen LogP contribution in [0, 0.1) is 0 Å². The summed E-state index contributed by atoms with van der Waals surface area (Å²) in [6.45, 7) is 0. The molecule has 0 aliphatic carbocycles. The Kier molecular flexibility index (Phi) is 3.88. The van der Waals surface area contributed by atoms with Crippen molar-refractivity contribution in [2.45, 2.75) is 4.90 Å². The first kappa shape index (κ1) is 15.0. The molecule has 3 aromatic rings. The van der Waals surface area contributed by atoms with E-state index in [1.165, 1.54) is 10.2 Å². The van der Waals surface area contributed by atoms with Crippen LogP contribution in [0.25, 0.3) is 10.9 Å². The normalized spacial score (nSPS) is 11.7. The van der Waals surface area contributed by atoms with Gasteiger partial charge in [-0.05, 0) is 24.3 Å². The highest BCUT2D eigenvalue weighted by Crippen LogP contribution is 2.23. The lowest BCUT2D eigenvalue weighted by molar-refractivity contribution is 0.102. The van der Waals surface area contributed by atoms with E-state index in [2.05, 4.69) is 15.9 Å². The fourth-order valence-corrected chi connectivity index (χ4v) is 3.96. The maximum absolute atomic E-state index is 12.7. The van der Waals surface area contributed by atoms with E-state index in [1.807, 2.05) is 0 Å². The highest BCUT2D eigenvalue weighted by molar-refractivity contribution is 9.09. The first-order valence-electron chi connectivity index (χ1n) is 6.55. The molecule has 0 aliphatic rings. The molecule has 0 fully saturated rings. The Morgan fingerprint density at radius 3 is 2.45 bits per heavy atom. The Morgan fingerprint density at radius 2 is 1.77 bits per heavy atom. The zero-order valence-electron chi connectivity index (χ0n) is 11.4. The van der Waals surface area contributed by atoms with Crippen LogP contribution < -0.4 is 0 Å². The summed E-state index contributed by atoms with van der Waals surface area (Å²) in [6.07, 6.45) is 1.51. The summed E-state index contributed by atoms with van der Waals surface area (Å²) in [5, 5.41) is 0.968. The number of nitrogens with zero attached hydrogens (tertiary/aromatic N) is 1. The quantitative estimate of drug-likeness (QED) is 0.516.